The van der Waals surface area contributed by atoms with E-state index in [1.165, 1.54) is 0 Å². The number of carbonyl (C=O) groups excluding carboxylic acids is 1. The monoisotopic (exact) mass is 366 g/mol. The van der Waals surface area contributed by atoms with Crippen LogP contribution in [0.4, 0.5) is 0 Å². The second-order valence-corrected chi connectivity index (χ2v) is 8.54. The molecule has 0 aromatic heterocycles. The number of amides is 1. The van der Waals surface area contributed by atoms with Crippen LogP contribution in [0.25, 0.3) is 0 Å². The van der Waals surface area contributed by atoms with E-state index in [9.17, 15) is 13.2 Å². The third-order valence-corrected chi connectivity index (χ3v) is 6.69. The third kappa shape index (κ3) is 3.88. The van der Waals surface area contributed by atoms with Crippen LogP contribution in [0, 0.1) is 0 Å². The van der Waals surface area contributed by atoms with Crippen molar-refractivity contribution in [3.8, 4) is 0 Å². The summed E-state index contributed by atoms with van der Waals surface area (Å²) in [6.45, 7) is 2.99. The molecular weight excluding hydrogens is 340 g/mol. The quantitative estimate of drug-likeness (QED) is 0.833. The number of ether oxygens (including phenoxy) is 1. The maximum Gasteiger partial charge on any atom is 0.251 e. The molecular formula is C18H26N2O4S. The van der Waals surface area contributed by atoms with Crippen LogP contribution in [0.1, 0.15) is 43.7 Å². The summed E-state index contributed by atoms with van der Waals surface area (Å²) in [5, 5.41) is 0. The highest BCUT2D eigenvalue weighted by Crippen LogP contribution is 2.25. The van der Waals surface area contributed by atoms with Gasteiger partial charge in [0.1, 0.15) is 6.10 Å². The van der Waals surface area contributed by atoms with E-state index in [-0.39, 0.29) is 16.8 Å². The van der Waals surface area contributed by atoms with E-state index >= 15 is 0 Å². The van der Waals surface area contributed by atoms with E-state index in [1.54, 1.807) is 24.1 Å². The fourth-order valence-corrected chi connectivity index (χ4v) is 4.70. The molecule has 0 unspecified atom stereocenters. The molecule has 1 N–H and O–H groups in total. The zero-order valence-corrected chi connectivity index (χ0v) is 15.6. The van der Waals surface area contributed by atoms with Crippen molar-refractivity contribution < 1.29 is 17.9 Å². The fraction of sp³-hybridized carbons (Fsp3) is 0.611. The molecule has 2 aliphatic rings. The standard InChI is InChI=1S/C18H26N2O4S/c1-3-17(24-2)18(21)20-10-9-13-7-8-16(11-14(13)12-20)25(22,23)19-15-5-4-6-15/h7-8,11,15,17,19H,3-6,9-10,12H2,1-2H3/t17-/m0/s1. The van der Waals surface area contributed by atoms with Crippen LogP contribution < -0.4 is 4.72 Å². The number of methoxy groups -OCH3 is 1. The molecule has 1 fully saturated rings. The van der Waals surface area contributed by atoms with Crippen molar-refractivity contribution >= 4 is 15.9 Å². The Hall–Kier alpha value is -1.44. The summed E-state index contributed by atoms with van der Waals surface area (Å²) in [6.07, 6.45) is 3.81. The molecule has 0 spiro atoms. The minimum Gasteiger partial charge on any atom is -0.372 e. The molecule has 3 rings (SSSR count). The summed E-state index contributed by atoms with van der Waals surface area (Å²) in [7, 11) is -1.95. The lowest BCUT2D eigenvalue weighted by Gasteiger charge is -2.31. The van der Waals surface area contributed by atoms with Gasteiger partial charge in [0.15, 0.2) is 0 Å². The highest BCUT2D eigenvalue weighted by molar-refractivity contribution is 7.89. The van der Waals surface area contributed by atoms with Crippen molar-refractivity contribution in [3.63, 3.8) is 0 Å². The lowest BCUT2D eigenvalue weighted by Crippen LogP contribution is -2.43. The Labute approximate surface area is 149 Å². The lowest BCUT2D eigenvalue weighted by molar-refractivity contribution is -0.143. The molecule has 1 aliphatic heterocycles. The molecule has 1 amide bonds. The molecule has 0 saturated heterocycles. The zero-order chi connectivity index (χ0) is 18.0. The summed E-state index contributed by atoms with van der Waals surface area (Å²) in [4.78, 5) is 14.6. The second-order valence-electron chi connectivity index (χ2n) is 6.82. The summed E-state index contributed by atoms with van der Waals surface area (Å²) in [5.74, 6) is -0.0310. The van der Waals surface area contributed by atoms with Crippen molar-refractivity contribution in [1.82, 2.24) is 9.62 Å². The van der Waals surface area contributed by atoms with Crippen LogP contribution in [-0.4, -0.2) is 45.0 Å². The lowest BCUT2D eigenvalue weighted by atomic mass is 9.94. The largest absolute Gasteiger partial charge is 0.372 e. The van der Waals surface area contributed by atoms with Gasteiger partial charge in [-0.2, -0.15) is 0 Å². The summed E-state index contributed by atoms with van der Waals surface area (Å²) in [5.41, 5.74) is 2.01. The fourth-order valence-electron chi connectivity index (χ4n) is 3.35. The number of hydrogen-bond acceptors (Lipinski definition) is 4. The maximum absolute atomic E-state index is 12.5. The molecule has 0 bridgehead atoms. The van der Waals surface area contributed by atoms with Gasteiger partial charge in [-0.1, -0.05) is 19.4 Å². The summed E-state index contributed by atoms with van der Waals surface area (Å²) >= 11 is 0. The Balaban J connectivity index is 1.78. The number of nitrogens with zero attached hydrogens (tertiary/aromatic N) is 1. The van der Waals surface area contributed by atoms with E-state index in [4.69, 9.17) is 4.74 Å². The summed E-state index contributed by atoms with van der Waals surface area (Å²) < 4.78 is 33.1. The molecule has 7 heteroatoms. The number of hydrogen-bond donors (Lipinski definition) is 1. The minimum atomic E-state index is -3.50. The first-order valence-electron chi connectivity index (χ1n) is 8.90. The van der Waals surface area contributed by atoms with Gasteiger partial charge in [0.2, 0.25) is 10.0 Å². The normalized spacial score (nSPS) is 19.2. The van der Waals surface area contributed by atoms with E-state index in [0.29, 0.717) is 19.5 Å². The van der Waals surface area contributed by atoms with E-state index in [0.717, 1.165) is 36.8 Å². The molecule has 0 radical (unpaired) electrons. The van der Waals surface area contributed by atoms with Gasteiger partial charge in [0.25, 0.3) is 5.91 Å². The topological polar surface area (TPSA) is 75.7 Å². The van der Waals surface area contributed by atoms with Gasteiger partial charge in [0, 0.05) is 26.2 Å². The molecule has 1 atom stereocenters. The van der Waals surface area contributed by atoms with Gasteiger partial charge >= 0.3 is 0 Å². The van der Waals surface area contributed by atoms with Crippen molar-refractivity contribution in [3.05, 3.63) is 29.3 Å². The highest BCUT2D eigenvalue weighted by atomic mass is 32.2. The first-order chi connectivity index (χ1) is 11.9. The van der Waals surface area contributed by atoms with Crippen LogP contribution in [0.5, 0.6) is 0 Å². The van der Waals surface area contributed by atoms with Gasteiger partial charge < -0.3 is 9.64 Å². The number of benzene rings is 1. The van der Waals surface area contributed by atoms with Gasteiger partial charge in [-0.05, 0) is 48.9 Å². The van der Waals surface area contributed by atoms with Gasteiger partial charge in [0.05, 0.1) is 4.90 Å². The Morgan fingerprint density at radius 2 is 2.12 bits per heavy atom. The second kappa shape index (κ2) is 7.43. The number of rotatable bonds is 6. The smallest absolute Gasteiger partial charge is 0.251 e. The minimum absolute atomic E-state index is 0.0310. The number of nitrogens with one attached hydrogen (secondary N) is 1. The van der Waals surface area contributed by atoms with E-state index < -0.39 is 16.1 Å². The maximum atomic E-state index is 12.5. The van der Waals surface area contributed by atoms with E-state index in [2.05, 4.69) is 4.72 Å². The van der Waals surface area contributed by atoms with Gasteiger partial charge in [-0.3, -0.25) is 4.79 Å². The van der Waals surface area contributed by atoms with Crippen LogP contribution >= 0.6 is 0 Å². The highest BCUT2D eigenvalue weighted by Gasteiger charge is 2.28. The zero-order valence-electron chi connectivity index (χ0n) is 14.8. The number of sulfonamides is 1. The van der Waals surface area contributed by atoms with Crippen molar-refractivity contribution in [2.24, 2.45) is 0 Å². The van der Waals surface area contributed by atoms with Crippen LogP contribution in [-0.2, 0) is 32.5 Å². The summed E-state index contributed by atoms with van der Waals surface area (Å²) in [6, 6.07) is 5.32. The first-order valence-corrected chi connectivity index (χ1v) is 10.4. The molecule has 1 aliphatic carbocycles. The molecule has 6 nitrogen and oxygen atoms in total. The van der Waals surface area contributed by atoms with Crippen LogP contribution in [0.2, 0.25) is 0 Å². The van der Waals surface area contributed by atoms with Crippen molar-refractivity contribution in [1.29, 1.82) is 0 Å². The molecule has 1 aromatic carbocycles. The Morgan fingerprint density at radius 1 is 1.36 bits per heavy atom. The Morgan fingerprint density at radius 3 is 2.72 bits per heavy atom. The third-order valence-electron chi connectivity index (χ3n) is 5.17. The van der Waals surface area contributed by atoms with Crippen LogP contribution in [0.3, 0.4) is 0 Å². The first kappa shape index (κ1) is 18.4. The number of fused-ring (bicyclic) bond motifs is 1. The Kier molecular flexibility index (Phi) is 5.46. The van der Waals surface area contributed by atoms with Crippen molar-refractivity contribution in [2.75, 3.05) is 13.7 Å². The Bertz CT molecular complexity index is 739. The van der Waals surface area contributed by atoms with Crippen molar-refractivity contribution in [2.45, 2.75) is 62.6 Å². The average molecular weight is 366 g/mol. The van der Waals surface area contributed by atoms with Crippen LogP contribution in [0.15, 0.2) is 23.1 Å². The molecule has 1 saturated carbocycles. The van der Waals surface area contributed by atoms with Gasteiger partial charge in [-0.15, -0.1) is 0 Å². The SMILES string of the molecule is CC[C@H](OC)C(=O)N1CCc2ccc(S(=O)(=O)NC3CCC3)cc2C1. The molecule has 1 aromatic rings. The molecule has 25 heavy (non-hydrogen) atoms. The van der Waals surface area contributed by atoms with E-state index in [1.807, 2.05) is 13.0 Å². The number of carbonyl (C=O) groups is 1. The predicted octanol–water partition coefficient (Wildman–Crippen LogP) is 1.83. The molecule has 1 heterocycles. The van der Waals surface area contributed by atoms with Gasteiger partial charge in [-0.25, -0.2) is 13.1 Å². The predicted molar refractivity (Wildman–Crippen MR) is 94.6 cm³/mol. The average Bonchev–Trinajstić information content (AvgIpc) is 2.58. The molecule has 138 valence electrons.